The monoisotopic (exact) mass is 594 g/mol. The summed E-state index contributed by atoms with van der Waals surface area (Å²) in [7, 11) is 1.61. The second kappa shape index (κ2) is 17.7. The van der Waals surface area contributed by atoms with Crippen molar-refractivity contribution in [2.24, 2.45) is 0 Å². The van der Waals surface area contributed by atoms with Gasteiger partial charge in [-0.1, -0.05) is 57.4 Å². The number of methoxy groups -OCH3 is 1. The SMILES string of the molecule is COCCOCCOc1cc(F)cc(C[C@H](NC(C)=O)[C@H](O)CNC2(c3cccc(C(C)C)c3)CCCCC2)c1.Cl. The van der Waals surface area contributed by atoms with Gasteiger partial charge in [0, 0.05) is 32.2 Å². The lowest BCUT2D eigenvalue weighted by atomic mass is 9.75. The van der Waals surface area contributed by atoms with Crippen molar-refractivity contribution < 1.29 is 28.5 Å². The Morgan fingerprint density at radius 1 is 1.05 bits per heavy atom. The van der Waals surface area contributed by atoms with Gasteiger partial charge in [0.2, 0.25) is 5.91 Å². The summed E-state index contributed by atoms with van der Waals surface area (Å²) in [5.41, 5.74) is 2.95. The van der Waals surface area contributed by atoms with Gasteiger partial charge >= 0.3 is 0 Å². The van der Waals surface area contributed by atoms with Gasteiger partial charge in [0.15, 0.2) is 0 Å². The Morgan fingerprint density at radius 2 is 1.78 bits per heavy atom. The molecule has 7 nitrogen and oxygen atoms in total. The second-order valence-electron chi connectivity index (χ2n) is 11.1. The van der Waals surface area contributed by atoms with Gasteiger partial charge in [0.25, 0.3) is 0 Å². The maximum atomic E-state index is 14.4. The first-order valence-electron chi connectivity index (χ1n) is 14.5. The molecule has 0 bridgehead atoms. The number of carbonyl (C=O) groups is 1. The lowest BCUT2D eigenvalue weighted by Gasteiger charge is -2.40. The van der Waals surface area contributed by atoms with Gasteiger partial charge in [-0.25, -0.2) is 4.39 Å². The summed E-state index contributed by atoms with van der Waals surface area (Å²) in [4.78, 5) is 12.1. The average molecular weight is 595 g/mol. The zero-order valence-electron chi connectivity index (χ0n) is 24.9. The molecule has 1 saturated carbocycles. The lowest BCUT2D eigenvalue weighted by Crippen LogP contribution is -2.53. The fourth-order valence-electron chi connectivity index (χ4n) is 5.44. The molecule has 9 heteroatoms. The molecule has 0 aliphatic heterocycles. The fourth-order valence-corrected chi connectivity index (χ4v) is 5.44. The van der Waals surface area contributed by atoms with Crippen LogP contribution in [0, 0.1) is 5.82 Å². The van der Waals surface area contributed by atoms with E-state index in [9.17, 15) is 14.3 Å². The lowest BCUT2D eigenvalue weighted by molar-refractivity contribution is -0.120. The third-order valence-electron chi connectivity index (χ3n) is 7.63. The van der Waals surface area contributed by atoms with E-state index in [1.54, 1.807) is 13.2 Å². The number of nitrogens with one attached hydrogen (secondary N) is 2. The number of hydrogen-bond donors (Lipinski definition) is 3. The number of ether oxygens (including phenoxy) is 3. The summed E-state index contributed by atoms with van der Waals surface area (Å²) in [5.74, 6) is 0.125. The van der Waals surface area contributed by atoms with Crippen molar-refractivity contribution >= 4 is 18.3 Å². The molecule has 1 fully saturated rings. The van der Waals surface area contributed by atoms with E-state index >= 15 is 0 Å². The quantitative estimate of drug-likeness (QED) is 0.230. The molecule has 41 heavy (non-hydrogen) atoms. The average Bonchev–Trinajstić information content (AvgIpc) is 2.93. The van der Waals surface area contributed by atoms with Gasteiger partial charge in [-0.2, -0.15) is 0 Å². The zero-order valence-corrected chi connectivity index (χ0v) is 25.7. The minimum Gasteiger partial charge on any atom is -0.491 e. The predicted octanol–water partition coefficient (Wildman–Crippen LogP) is 5.27. The number of rotatable bonds is 16. The molecule has 0 aromatic heterocycles. The zero-order chi connectivity index (χ0) is 29.0. The number of benzene rings is 2. The van der Waals surface area contributed by atoms with Crippen LogP contribution in [0.5, 0.6) is 5.75 Å². The summed E-state index contributed by atoms with van der Waals surface area (Å²) in [6.45, 7) is 7.71. The van der Waals surface area contributed by atoms with E-state index in [1.807, 2.05) is 0 Å². The van der Waals surface area contributed by atoms with Crippen LogP contribution in [0.2, 0.25) is 0 Å². The predicted molar refractivity (Wildman–Crippen MR) is 162 cm³/mol. The first-order chi connectivity index (χ1) is 19.2. The number of carbonyl (C=O) groups excluding carboxylic acids is 1. The smallest absolute Gasteiger partial charge is 0.217 e. The Balaban J connectivity index is 0.00000588. The van der Waals surface area contributed by atoms with E-state index in [4.69, 9.17) is 14.2 Å². The molecule has 3 N–H and O–H groups in total. The molecule has 0 radical (unpaired) electrons. The van der Waals surface area contributed by atoms with Crippen molar-refractivity contribution in [1.82, 2.24) is 10.6 Å². The van der Waals surface area contributed by atoms with E-state index in [0.717, 1.165) is 25.7 Å². The first-order valence-corrected chi connectivity index (χ1v) is 14.5. The standard InChI is InChI=1S/C32H47FN2O5.ClH/c1-23(2)26-9-8-10-27(20-26)32(11-6-5-7-12-32)34-22-31(37)30(35-24(3)36)19-25-17-28(33)21-29(18-25)40-16-15-39-14-13-38-4;/h8-10,17-18,20-21,23,30-31,34,37H,5-7,11-16,19,22H2,1-4H3,(H,35,36);1H/t30-,31+;/m0./s1. The Morgan fingerprint density at radius 3 is 2.46 bits per heavy atom. The van der Waals surface area contributed by atoms with Gasteiger partial charge in [-0.3, -0.25) is 4.79 Å². The Kier molecular flexibility index (Phi) is 15.1. The molecule has 0 spiro atoms. The van der Waals surface area contributed by atoms with Gasteiger partial charge < -0.3 is 30.0 Å². The molecule has 230 valence electrons. The normalized spacial score (nSPS) is 16.1. The van der Waals surface area contributed by atoms with E-state index in [1.165, 1.54) is 36.6 Å². The fraction of sp³-hybridized carbons (Fsp3) is 0.594. The molecular formula is C32H48ClFN2O5. The number of halogens is 2. The Bertz CT molecular complexity index is 1060. The highest BCUT2D eigenvalue weighted by molar-refractivity contribution is 5.85. The molecule has 0 unspecified atom stereocenters. The van der Waals surface area contributed by atoms with Gasteiger partial charge in [0.1, 0.15) is 18.2 Å². The topological polar surface area (TPSA) is 89.0 Å². The number of aliphatic hydroxyl groups excluding tert-OH is 1. The van der Waals surface area contributed by atoms with Crippen molar-refractivity contribution in [3.8, 4) is 5.75 Å². The third kappa shape index (κ3) is 11.2. The summed E-state index contributed by atoms with van der Waals surface area (Å²) >= 11 is 0. The Hall–Kier alpha value is -2.23. The highest BCUT2D eigenvalue weighted by Crippen LogP contribution is 2.38. The largest absolute Gasteiger partial charge is 0.491 e. The number of amides is 1. The van der Waals surface area contributed by atoms with Crippen molar-refractivity contribution in [2.75, 3.05) is 40.1 Å². The van der Waals surface area contributed by atoms with E-state index in [2.05, 4.69) is 48.7 Å². The van der Waals surface area contributed by atoms with Crippen LogP contribution in [-0.4, -0.2) is 63.2 Å². The Labute approximate surface area is 250 Å². The maximum Gasteiger partial charge on any atom is 0.217 e. The van der Waals surface area contributed by atoms with E-state index in [0.29, 0.717) is 43.6 Å². The molecular weight excluding hydrogens is 547 g/mol. The van der Waals surface area contributed by atoms with E-state index < -0.39 is 18.0 Å². The highest BCUT2D eigenvalue weighted by Gasteiger charge is 2.35. The van der Waals surface area contributed by atoms with Gasteiger partial charge in [-0.15, -0.1) is 12.4 Å². The highest BCUT2D eigenvalue weighted by atomic mass is 35.5. The number of hydrogen-bond acceptors (Lipinski definition) is 6. The molecule has 2 aromatic rings. The van der Waals surface area contributed by atoms with Crippen molar-refractivity contribution in [3.63, 3.8) is 0 Å². The van der Waals surface area contributed by atoms with Crippen LogP contribution >= 0.6 is 12.4 Å². The number of aliphatic hydroxyl groups is 1. The van der Waals surface area contributed by atoms with E-state index in [-0.39, 0.29) is 36.9 Å². The van der Waals surface area contributed by atoms with Crippen LogP contribution < -0.4 is 15.4 Å². The van der Waals surface area contributed by atoms with Gasteiger partial charge in [0.05, 0.1) is 32.0 Å². The summed E-state index contributed by atoms with van der Waals surface area (Å²) in [6, 6.07) is 12.6. The van der Waals surface area contributed by atoms with Gasteiger partial charge in [-0.05, 0) is 54.0 Å². The molecule has 1 aliphatic rings. The van der Waals surface area contributed by atoms with Crippen molar-refractivity contribution in [1.29, 1.82) is 0 Å². The molecule has 1 amide bonds. The van der Waals surface area contributed by atoms with Crippen LogP contribution in [0.3, 0.4) is 0 Å². The second-order valence-corrected chi connectivity index (χ2v) is 11.1. The maximum absolute atomic E-state index is 14.4. The first kappa shape index (κ1) is 35.0. The van der Waals surface area contributed by atoms with Crippen LogP contribution in [0.4, 0.5) is 4.39 Å². The molecule has 2 atom stereocenters. The van der Waals surface area contributed by atoms with Crippen molar-refractivity contribution in [2.45, 2.75) is 82.9 Å². The molecule has 0 heterocycles. The third-order valence-corrected chi connectivity index (χ3v) is 7.63. The molecule has 1 aliphatic carbocycles. The minimum atomic E-state index is -0.877. The minimum absolute atomic E-state index is 0. The van der Waals surface area contributed by atoms with Crippen LogP contribution in [0.1, 0.15) is 75.5 Å². The van der Waals surface area contributed by atoms with Crippen molar-refractivity contribution in [3.05, 3.63) is 65.0 Å². The molecule has 2 aromatic carbocycles. The van der Waals surface area contributed by atoms with Crippen LogP contribution in [-0.2, 0) is 26.2 Å². The molecule has 0 saturated heterocycles. The molecule has 3 rings (SSSR count). The summed E-state index contributed by atoms with van der Waals surface area (Å²) in [6.07, 6.45) is 4.81. The summed E-state index contributed by atoms with van der Waals surface area (Å²) in [5, 5.41) is 17.9. The summed E-state index contributed by atoms with van der Waals surface area (Å²) < 4.78 is 30.5. The van der Waals surface area contributed by atoms with Crippen LogP contribution in [0.15, 0.2) is 42.5 Å². The van der Waals surface area contributed by atoms with Crippen LogP contribution in [0.25, 0.3) is 0 Å².